The lowest BCUT2D eigenvalue weighted by Gasteiger charge is -2.28. The summed E-state index contributed by atoms with van der Waals surface area (Å²) in [7, 11) is -3.56. The molecule has 0 saturated heterocycles. The molecule has 0 spiro atoms. The van der Waals surface area contributed by atoms with Crippen molar-refractivity contribution in [3.8, 4) is 0 Å². The van der Waals surface area contributed by atoms with Crippen LogP contribution in [0, 0.1) is 0 Å². The molecule has 0 radical (unpaired) electrons. The molecule has 0 aliphatic carbocycles. The van der Waals surface area contributed by atoms with Crippen molar-refractivity contribution in [2.45, 2.75) is 0 Å². The van der Waals surface area contributed by atoms with Gasteiger partial charge in [0.15, 0.2) is 5.84 Å². The largest absolute Gasteiger partial charge is 0.331 e. The van der Waals surface area contributed by atoms with Gasteiger partial charge in [0.1, 0.15) is 0 Å². The Hall–Kier alpha value is -3.59. The van der Waals surface area contributed by atoms with E-state index in [9.17, 15) is 13.2 Å². The molecule has 29 heavy (non-hydrogen) atoms. The third kappa shape index (κ3) is 4.46. The minimum atomic E-state index is -3.56. The Morgan fingerprint density at radius 2 is 1.69 bits per heavy atom. The van der Waals surface area contributed by atoms with Gasteiger partial charge in [0.2, 0.25) is 0 Å². The predicted molar refractivity (Wildman–Crippen MR) is 111 cm³/mol. The van der Waals surface area contributed by atoms with Gasteiger partial charge in [-0.25, -0.2) is 8.42 Å². The van der Waals surface area contributed by atoms with E-state index < -0.39 is 15.9 Å². The van der Waals surface area contributed by atoms with Gasteiger partial charge in [0.05, 0.1) is 22.7 Å². The number of azo groups is 1. The second-order valence-corrected chi connectivity index (χ2v) is 8.11. The van der Waals surface area contributed by atoms with Gasteiger partial charge in [0, 0.05) is 18.4 Å². The fraction of sp³-hybridized carbons (Fsp3) is 0.100. The maximum Gasteiger partial charge on any atom is 0.259 e. The fourth-order valence-electron chi connectivity index (χ4n) is 2.81. The predicted octanol–water partition coefficient (Wildman–Crippen LogP) is 3.54. The molecular formula is C20H17N5O3S. The molecule has 146 valence electrons. The number of allylic oxidation sites excluding steroid dienone is 2. The molecule has 2 aliphatic heterocycles. The number of hydrogen-bond donors (Lipinski definition) is 1. The number of benzene rings is 2. The molecular weight excluding hydrogens is 390 g/mol. The van der Waals surface area contributed by atoms with E-state index in [1.807, 2.05) is 30.3 Å². The summed E-state index contributed by atoms with van der Waals surface area (Å²) in [6, 6.07) is 16.2. The minimum absolute atomic E-state index is 0.0747. The molecule has 4 rings (SSSR count). The van der Waals surface area contributed by atoms with E-state index in [0.29, 0.717) is 11.4 Å². The van der Waals surface area contributed by atoms with Gasteiger partial charge in [-0.3, -0.25) is 4.79 Å². The van der Waals surface area contributed by atoms with E-state index in [1.54, 1.807) is 47.5 Å². The van der Waals surface area contributed by atoms with Crippen molar-refractivity contribution in [2.75, 3.05) is 17.6 Å². The van der Waals surface area contributed by atoms with E-state index in [1.165, 1.54) is 0 Å². The minimum Gasteiger partial charge on any atom is -0.331 e. The Morgan fingerprint density at radius 3 is 2.41 bits per heavy atom. The Bertz CT molecular complexity index is 1150. The van der Waals surface area contributed by atoms with Gasteiger partial charge in [-0.05, 0) is 48.6 Å². The lowest BCUT2D eigenvalue weighted by atomic mass is 10.1. The highest BCUT2D eigenvalue weighted by molar-refractivity contribution is 7.90. The smallest absolute Gasteiger partial charge is 0.259 e. The van der Waals surface area contributed by atoms with Crippen LogP contribution in [0.4, 0.5) is 17.1 Å². The summed E-state index contributed by atoms with van der Waals surface area (Å²) in [6.45, 7) is 0.267. The molecule has 1 N–H and O–H groups in total. The standard InChI is InChI=1S/C20H17N5O3S/c26-20(18-7-4-12-25-13-14-29(27,28)24-19(18)25)21-15-8-10-17(11-9-15)23-22-16-5-2-1-3-6-16/h1-12H,13-14H2,(H,21,26). The summed E-state index contributed by atoms with van der Waals surface area (Å²) in [6.07, 6.45) is 4.95. The molecule has 2 heterocycles. The number of fused-ring (bicyclic) bond motifs is 1. The highest BCUT2D eigenvalue weighted by Gasteiger charge is 2.29. The summed E-state index contributed by atoms with van der Waals surface area (Å²) in [5.74, 6) is -0.368. The summed E-state index contributed by atoms with van der Waals surface area (Å²) in [5, 5.41) is 11.1. The number of nitrogens with one attached hydrogen (secondary N) is 1. The van der Waals surface area contributed by atoms with Crippen LogP contribution in [0.2, 0.25) is 0 Å². The molecule has 0 atom stereocenters. The molecule has 2 aromatic rings. The van der Waals surface area contributed by atoms with Crippen molar-refractivity contribution in [2.24, 2.45) is 14.6 Å². The van der Waals surface area contributed by atoms with Crippen LogP contribution in [0.5, 0.6) is 0 Å². The van der Waals surface area contributed by atoms with Crippen LogP contribution in [-0.4, -0.2) is 37.4 Å². The first-order valence-electron chi connectivity index (χ1n) is 8.86. The zero-order valence-corrected chi connectivity index (χ0v) is 16.1. The number of carbonyl (C=O) groups excluding carboxylic acids is 1. The second-order valence-electron chi connectivity index (χ2n) is 6.35. The number of carbonyl (C=O) groups is 1. The molecule has 0 fully saturated rings. The number of nitrogens with zero attached hydrogens (tertiary/aromatic N) is 4. The topological polar surface area (TPSA) is 104 Å². The quantitative estimate of drug-likeness (QED) is 0.783. The van der Waals surface area contributed by atoms with Crippen molar-refractivity contribution in [1.82, 2.24) is 4.90 Å². The van der Waals surface area contributed by atoms with Crippen LogP contribution >= 0.6 is 0 Å². The molecule has 9 heteroatoms. The average Bonchev–Trinajstić information content (AvgIpc) is 2.73. The first-order chi connectivity index (χ1) is 14.0. The lowest BCUT2D eigenvalue weighted by molar-refractivity contribution is -0.112. The van der Waals surface area contributed by atoms with Gasteiger partial charge in [-0.2, -0.15) is 10.2 Å². The molecule has 1 amide bonds. The maximum absolute atomic E-state index is 12.7. The Balaban J connectivity index is 1.47. The lowest BCUT2D eigenvalue weighted by Crippen LogP contribution is -2.40. The highest BCUT2D eigenvalue weighted by Crippen LogP contribution is 2.22. The summed E-state index contributed by atoms with van der Waals surface area (Å²) < 4.78 is 27.4. The van der Waals surface area contributed by atoms with Gasteiger partial charge in [0.25, 0.3) is 15.9 Å². The highest BCUT2D eigenvalue weighted by atomic mass is 32.2. The monoisotopic (exact) mass is 407 g/mol. The number of anilines is 1. The maximum atomic E-state index is 12.7. The zero-order chi connectivity index (χ0) is 20.3. The fourth-order valence-corrected chi connectivity index (χ4v) is 3.80. The van der Waals surface area contributed by atoms with Crippen molar-refractivity contribution in [3.05, 3.63) is 78.5 Å². The number of hydrogen-bond acceptors (Lipinski definition) is 6. The molecule has 8 nitrogen and oxygen atoms in total. The van der Waals surface area contributed by atoms with Gasteiger partial charge < -0.3 is 10.2 Å². The van der Waals surface area contributed by atoms with Crippen molar-refractivity contribution in [3.63, 3.8) is 0 Å². The Labute approximate surface area is 168 Å². The van der Waals surface area contributed by atoms with Crippen LogP contribution in [0.25, 0.3) is 0 Å². The van der Waals surface area contributed by atoms with Gasteiger partial charge in [-0.15, -0.1) is 4.40 Å². The normalized spacial score (nSPS) is 17.4. The van der Waals surface area contributed by atoms with Gasteiger partial charge >= 0.3 is 0 Å². The van der Waals surface area contributed by atoms with E-state index in [2.05, 4.69) is 19.9 Å². The van der Waals surface area contributed by atoms with Crippen LogP contribution in [0.15, 0.2) is 93.1 Å². The van der Waals surface area contributed by atoms with E-state index in [-0.39, 0.29) is 23.7 Å². The second kappa shape index (κ2) is 7.80. The van der Waals surface area contributed by atoms with Gasteiger partial charge in [-0.1, -0.05) is 18.2 Å². The van der Waals surface area contributed by atoms with E-state index >= 15 is 0 Å². The summed E-state index contributed by atoms with van der Waals surface area (Å²) >= 11 is 0. The van der Waals surface area contributed by atoms with E-state index in [0.717, 1.165) is 5.69 Å². The van der Waals surface area contributed by atoms with Crippen LogP contribution < -0.4 is 5.32 Å². The SMILES string of the molecule is O=C(Nc1ccc(N=Nc2ccccc2)cc1)C1=CC=CN2CCS(=O)(=O)N=C12. The molecule has 2 aliphatic rings. The van der Waals surface area contributed by atoms with Crippen LogP contribution in [0.3, 0.4) is 0 Å². The van der Waals surface area contributed by atoms with E-state index in [4.69, 9.17) is 0 Å². The average molecular weight is 407 g/mol. The zero-order valence-electron chi connectivity index (χ0n) is 15.3. The Morgan fingerprint density at radius 1 is 1.00 bits per heavy atom. The first kappa shape index (κ1) is 18.8. The third-order valence-corrected chi connectivity index (χ3v) is 5.41. The summed E-state index contributed by atoms with van der Waals surface area (Å²) in [5.41, 5.74) is 2.13. The number of amides is 1. The molecule has 0 saturated carbocycles. The molecule has 2 aromatic carbocycles. The first-order valence-corrected chi connectivity index (χ1v) is 10.5. The van der Waals surface area contributed by atoms with Crippen LogP contribution in [-0.2, 0) is 14.8 Å². The number of rotatable bonds is 4. The third-order valence-electron chi connectivity index (χ3n) is 4.26. The van der Waals surface area contributed by atoms with Crippen molar-refractivity contribution < 1.29 is 13.2 Å². The van der Waals surface area contributed by atoms with Crippen LogP contribution in [0.1, 0.15) is 0 Å². The number of amidine groups is 1. The van der Waals surface area contributed by atoms with Crippen molar-refractivity contribution >= 4 is 38.8 Å². The molecule has 0 aromatic heterocycles. The Kier molecular flexibility index (Phi) is 5.05. The van der Waals surface area contributed by atoms with Crippen molar-refractivity contribution in [1.29, 1.82) is 0 Å². The summed E-state index contributed by atoms with van der Waals surface area (Å²) in [4.78, 5) is 14.3. The molecule has 0 unspecified atom stereocenters. The number of sulfonamides is 1. The molecule has 0 bridgehead atoms.